The summed E-state index contributed by atoms with van der Waals surface area (Å²) in [6.45, 7) is 1.26. The lowest BCUT2D eigenvalue weighted by Crippen LogP contribution is -2.20. The van der Waals surface area contributed by atoms with Crippen LogP contribution in [0.15, 0.2) is 70.3 Å². The fourth-order valence-electron chi connectivity index (χ4n) is 3.36. The van der Waals surface area contributed by atoms with Crippen LogP contribution in [-0.4, -0.2) is 21.2 Å². The van der Waals surface area contributed by atoms with Gasteiger partial charge in [0.05, 0.1) is 23.7 Å². The van der Waals surface area contributed by atoms with E-state index in [0.29, 0.717) is 47.2 Å². The van der Waals surface area contributed by atoms with E-state index in [1.54, 1.807) is 41.4 Å². The molecule has 31 heavy (non-hydrogen) atoms. The molecule has 0 saturated carbocycles. The Balaban J connectivity index is 1.44. The lowest BCUT2D eigenvalue weighted by molar-refractivity contribution is 0.173. The van der Waals surface area contributed by atoms with Gasteiger partial charge in [-0.25, -0.2) is 0 Å². The minimum absolute atomic E-state index is 0.117. The zero-order valence-electron chi connectivity index (χ0n) is 17.0. The first-order valence-corrected chi connectivity index (χ1v) is 10.3. The first-order valence-electron chi connectivity index (χ1n) is 9.90. The molecule has 0 radical (unpaired) electrons. The summed E-state index contributed by atoms with van der Waals surface area (Å²) in [7, 11) is 1.84. The molecule has 4 rings (SSSR count). The summed E-state index contributed by atoms with van der Waals surface area (Å²) in [5, 5.41) is 17.8. The van der Waals surface area contributed by atoms with E-state index >= 15 is 0 Å². The van der Waals surface area contributed by atoms with Crippen LogP contribution in [0.4, 0.5) is 5.69 Å². The van der Waals surface area contributed by atoms with Crippen LogP contribution in [0.25, 0.3) is 11.1 Å². The van der Waals surface area contributed by atoms with Crippen LogP contribution in [0, 0.1) is 0 Å². The van der Waals surface area contributed by atoms with Gasteiger partial charge in [-0.05, 0) is 41.5 Å². The second kappa shape index (κ2) is 9.34. The third-order valence-electron chi connectivity index (χ3n) is 5.02. The lowest BCUT2D eigenvalue weighted by atomic mass is 10.1. The predicted molar refractivity (Wildman–Crippen MR) is 121 cm³/mol. The second-order valence-corrected chi connectivity index (χ2v) is 7.76. The van der Waals surface area contributed by atoms with Crippen molar-refractivity contribution < 1.29 is 9.52 Å². The van der Waals surface area contributed by atoms with Gasteiger partial charge < -0.3 is 24.7 Å². The van der Waals surface area contributed by atoms with Crippen molar-refractivity contribution in [2.24, 2.45) is 7.05 Å². The van der Waals surface area contributed by atoms with Crippen LogP contribution in [0.5, 0.6) is 0 Å². The van der Waals surface area contributed by atoms with Crippen molar-refractivity contribution in [3.8, 4) is 0 Å². The number of halogens is 1. The molecule has 8 heteroatoms. The van der Waals surface area contributed by atoms with Gasteiger partial charge in [-0.1, -0.05) is 23.7 Å². The zero-order valence-corrected chi connectivity index (χ0v) is 17.8. The average Bonchev–Trinajstić information content (AvgIpc) is 3.22. The number of nitrogens with zero attached hydrogens (tertiary/aromatic N) is 2. The number of anilines is 1. The number of pyridine rings is 2. The summed E-state index contributed by atoms with van der Waals surface area (Å²) in [6.07, 6.45) is 4.37. The topological polar surface area (TPSA) is 92.3 Å². The Morgan fingerprint density at radius 3 is 2.65 bits per heavy atom. The number of aromatic nitrogens is 2. The first-order chi connectivity index (χ1) is 15.0. The van der Waals surface area contributed by atoms with Gasteiger partial charge in [-0.2, -0.15) is 0 Å². The quantitative estimate of drug-likeness (QED) is 0.389. The van der Waals surface area contributed by atoms with Crippen LogP contribution >= 0.6 is 11.6 Å². The first kappa shape index (κ1) is 21.1. The third kappa shape index (κ3) is 4.96. The number of aryl methyl sites for hydroxylation is 1. The zero-order chi connectivity index (χ0) is 21.8. The standard InChI is InChI=1S/C23H23ClN4O3/c1-28-14-20(27-11-15-2-4-17(24)5-3-15)22(30)19-10-18(31-23(19)28)12-26-13-21(29)16-6-8-25-9-7-16/h2-10,14,21,26-27,29H,11-13H2,1H3. The number of aliphatic hydroxyl groups excluding tert-OH is 1. The van der Waals surface area contributed by atoms with E-state index < -0.39 is 6.10 Å². The number of furan rings is 1. The highest BCUT2D eigenvalue weighted by atomic mass is 35.5. The van der Waals surface area contributed by atoms with E-state index in [4.69, 9.17) is 16.0 Å². The maximum atomic E-state index is 12.9. The highest BCUT2D eigenvalue weighted by Gasteiger charge is 2.14. The largest absolute Gasteiger partial charge is 0.443 e. The summed E-state index contributed by atoms with van der Waals surface area (Å²) in [6, 6.07) is 12.8. The molecule has 160 valence electrons. The molecule has 0 amide bonds. The molecule has 0 aliphatic carbocycles. The molecule has 1 unspecified atom stereocenters. The van der Waals surface area contributed by atoms with Crippen molar-refractivity contribution in [2.75, 3.05) is 11.9 Å². The van der Waals surface area contributed by atoms with Crippen molar-refractivity contribution in [2.45, 2.75) is 19.2 Å². The smallest absolute Gasteiger partial charge is 0.215 e. The van der Waals surface area contributed by atoms with E-state index in [1.165, 1.54) is 0 Å². The molecule has 1 aromatic carbocycles. The molecular formula is C23H23ClN4O3. The van der Waals surface area contributed by atoms with Gasteiger partial charge in [0.1, 0.15) is 5.76 Å². The number of fused-ring (bicyclic) bond motifs is 1. The molecular weight excluding hydrogens is 416 g/mol. The molecule has 1 atom stereocenters. The number of rotatable bonds is 8. The Labute approximate surface area is 184 Å². The van der Waals surface area contributed by atoms with E-state index in [0.717, 1.165) is 11.1 Å². The minimum atomic E-state index is -0.651. The number of aliphatic hydroxyl groups is 1. The van der Waals surface area contributed by atoms with E-state index in [1.807, 2.05) is 31.3 Å². The van der Waals surface area contributed by atoms with Gasteiger partial charge in [0, 0.05) is 43.8 Å². The van der Waals surface area contributed by atoms with Crippen molar-refractivity contribution in [1.29, 1.82) is 0 Å². The van der Waals surface area contributed by atoms with Crippen LogP contribution < -0.4 is 16.1 Å². The van der Waals surface area contributed by atoms with Gasteiger partial charge in [0.2, 0.25) is 11.1 Å². The van der Waals surface area contributed by atoms with Crippen LogP contribution in [0.1, 0.15) is 23.0 Å². The highest BCUT2D eigenvalue weighted by molar-refractivity contribution is 6.30. The van der Waals surface area contributed by atoms with Gasteiger partial charge >= 0.3 is 0 Å². The molecule has 0 aliphatic rings. The maximum absolute atomic E-state index is 12.9. The summed E-state index contributed by atoms with van der Waals surface area (Å²) < 4.78 is 7.65. The molecule has 0 fully saturated rings. The number of nitrogens with one attached hydrogen (secondary N) is 2. The van der Waals surface area contributed by atoms with Crippen molar-refractivity contribution >= 4 is 28.4 Å². The van der Waals surface area contributed by atoms with Crippen molar-refractivity contribution in [1.82, 2.24) is 14.9 Å². The van der Waals surface area contributed by atoms with Crippen molar-refractivity contribution in [3.63, 3.8) is 0 Å². The summed E-state index contributed by atoms with van der Waals surface area (Å²) in [5.41, 5.74) is 2.70. The molecule has 0 saturated heterocycles. The maximum Gasteiger partial charge on any atom is 0.215 e. The molecule has 3 aromatic heterocycles. The predicted octanol–water partition coefficient (Wildman–Crippen LogP) is 3.62. The average molecular weight is 439 g/mol. The van der Waals surface area contributed by atoms with Gasteiger partial charge in [0.25, 0.3) is 0 Å². The van der Waals surface area contributed by atoms with Crippen LogP contribution in [-0.2, 0) is 20.1 Å². The minimum Gasteiger partial charge on any atom is -0.443 e. The Kier molecular flexibility index (Phi) is 6.36. The summed E-state index contributed by atoms with van der Waals surface area (Å²) >= 11 is 5.92. The number of hydrogen-bond acceptors (Lipinski definition) is 6. The number of hydrogen-bond donors (Lipinski definition) is 3. The molecule has 3 N–H and O–H groups in total. The Bertz CT molecular complexity index is 1220. The number of benzene rings is 1. The molecule has 7 nitrogen and oxygen atoms in total. The van der Waals surface area contributed by atoms with Gasteiger partial charge in [-0.3, -0.25) is 9.78 Å². The van der Waals surface area contributed by atoms with Gasteiger partial charge in [0.15, 0.2) is 0 Å². The second-order valence-electron chi connectivity index (χ2n) is 7.32. The highest BCUT2D eigenvalue weighted by Crippen LogP contribution is 2.19. The monoisotopic (exact) mass is 438 g/mol. The SMILES string of the molecule is Cn1cc(NCc2ccc(Cl)cc2)c(=O)c2cc(CNCC(O)c3ccncc3)oc21. The molecule has 0 bridgehead atoms. The van der Waals surface area contributed by atoms with Crippen molar-refractivity contribution in [3.05, 3.63) is 93.2 Å². The van der Waals surface area contributed by atoms with Crippen LogP contribution in [0.2, 0.25) is 5.02 Å². The fourth-order valence-corrected chi connectivity index (χ4v) is 3.49. The third-order valence-corrected chi connectivity index (χ3v) is 5.27. The van der Waals surface area contributed by atoms with E-state index in [-0.39, 0.29) is 5.43 Å². The fraction of sp³-hybridized carbons (Fsp3) is 0.217. The molecule has 3 heterocycles. The van der Waals surface area contributed by atoms with E-state index in [2.05, 4.69) is 15.6 Å². The van der Waals surface area contributed by atoms with Crippen LogP contribution in [0.3, 0.4) is 0 Å². The normalized spacial score (nSPS) is 12.2. The van der Waals surface area contributed by atoms with Gasteiger partial charge in [-0.15, -0.1) is 0 Å². The Morgan fingerprint density at radius 2 is 1.90 bits per heavy atom. The molecule has 4 aromatic rings. The van der Waals surface area contributed by atoms with E-state index in [9.17, 15) is 9.90 Å². The Hall–Kier alpha value is -3.13. The summed E-state index contributed by atoms with van der Waals surface area (Å²) in [5.74, 6) is 0.625. The lowest BCUT2D eigenvalue weighted by Gasteiger charge is -2.11. The summed E-state index contributed by atoms with van der Waals surface area (Å²) in [4.78, 5) is 16.9. The Morgan fingerprint density at radius 1 is 1.16 bits per heavy atom. The molecule has 0 aliphatic heterocycles. The molecule has 0 spiro atoms.